The molecule has 0 fully saturated rings. The molecule has 0 spiro atoms. The van der Waals surface area contributed by atoms with Crippen molar-refractivity contribution in [2.75, 3.05) is 6.61 Å². The van der Waals surface area contributed by atoms with Gasteiger partial charge in [-0.1, -0.05) is 45.9 Å². The zero-order valence-electron chi connectivity index (χ0n) is 11.1. The van der Waals surface area contributed by atoms with E-state index in [4.69, 9.17) is 4.43 Å². The third-order valence-corrected chi connectivity index (χ3v) is 7.66. The van der Waals surface area contributed by atoms with Crippen LogP contribution in [0.25, 0.3) is 0 Å². The molecule has 0 aromatic carbocycles. The van der Waals surface area contributed by atoms with Gasteiger partial charge in [-0.2, -0.15) is 0 Å². The van der Waals surface area contributed by atoms with Crippen LogP contribution in [0.5, 0.6) is 0 Å². The average molecular weight is 226 g/mol. The summed E-state index contributed by atoms with van der Waals surface area (Å²) in [4.78, 5) is 0. The molecule has 0 unspecified atom stereocenters. The molecule has 0 saturated heterocycles. The summed E-state index contributed by atoms with van der Waals surface area (Å²) in [5.41, 5.74) is 0. The van der Waals surface area contributed by atoms with Gasteiger partial charge in [0, 0.05) is 0 Å². The fraction of sp³-hybridized carbons (Fsp3) is 0.692. The first-order valence-corrected chi connectivity index (χ1v) is 8.54. The van der Waals surface area contributed by atoms with E-state index in [-0.39, 0.29) is 0 Å². The summed E-state index contributed by atoms with van der Waals surface area (Å²) in [5, 5.41) is 0.297. The Hall–Kier alpha value is -0.343. The number of hydrogen-bond donors (Lipinski definition) is 0. The molecule has 0 aromatic rings. The maximum atomic E-state index is 6.01. The first-order valence-electron chi connectivity index (χ1n) is 5.64. The predicted molar refractivity (Wildman–Crippen MR) is 71.7 cm³/mol. The fourth-order valence-electron chi connectivity index (χ4n) is 0.822. The Labute approximate surface area is 96.4 Å². The van der Waals surface area contributed by atoms with Gasteiger partial charge >= 0.3 is 0 Å². The van der Waals surface area contributed by atoms with E-state index in [0.717, 1.165) is 6.61 Å². The summed E-state index contributed by atoms with van der Waals surface area (Å²) in [5.74, 6) is 0.438. The second-order valence-corrected chi connectivity index (χ2v) is 10.4. The fourth-order valence-corrected chi connectivity index (χ4v) is 1.77. The van der Waals surface area contributed by atoms with Gasteiger partial charge in [-0.15, -0.1) is 6.58 Å². The first-order chi connectivity index (χ1) is 6.70. The zero-order chi connectivity index (χ0) is 12.1. The lowest BCUT2D eigenvalue weighted by Gasteiger charge is -2.35. The van der Waals surface area contributed by atoms with Crippen LogP contribution in [-0.4, -0.2) is 14.9 Å². The highest BCUT2D eigenvalue weighted by Gasteiger charge is 2.36. The maximum absolute atomic E-state index is 6.01. The Bertz CT molecular complexity index is 223. The SMILES string of the molecule is C=C[C@@H](C)/C=C/CO[Si](C)(C)C(C)(C)C. The third kappa shape index (κ3) is 5.33. The van der Waals surface area contributed by atoms with E-state index in [1.54, 1.807) is 0 Å². The van der Waals surface area contributed by atoms with Gasteiger partial charge in [0.15, 0.2) is 8.32 Å². The van der Waals surface area contributed by atoms with Crippen molar-refractivity contribution in [3.8, 4) is 0 Å². The summed E-state index contributed by atoms with van der Waals surface area (Å²) >= 11 is 0. The molecule has 0 saturated carbocycles. The molecule has 0 rings (SSSR count). The third-order valence-electron chi connectivity index (χ3n) is 3.16. The summed E-state index contributed by atoms with van der Waals surface area (Å²) in [7, 11) is -1.56. The van der Waals surface area contributed by atoms with Gasteiger partial charge in [0.05, 0.1) is 6.61 Å². The van der Waals surface area contributed by atoms with Crippen LogP contribution in [0.1, 0.15) is 27.7 Å². The molecule has 0 radical (unpaired) electrons. The van der Waals surface area contributed by atoms with Gasteiger partial charge in [0.1, 0.15) is 0 Å². The van der Waals surface area contributed by atoms with Gasteiger partial charge in [-0.05, 0) is 24.1 Å². The summed E-state index contributed by atoms with van der Waals surface area (Å²) < 4.78 is 6.01. The molecule has 0 amide bonds. The van der Waals surface area contributed by atoms with E-state index in [9.17, 15) is 0 Å². The van der Waals surface area contributed by atoms with Crippen molar-refractivity contribution in [3.63, 3.8) is 0 Å². The number of rotatable bonds is 5. The smallest absolute Gasteiger partial charge is 0.192 e. The summed E-state index contributed by atoms with van der Waals surface area (Å²) in [6.07, 6.45) is 6.18. The van der Waals surface area contributed by atoms with Crippen molar-refractivity contribution in [2.45, 2.75) is 45.8 Å². The highest BCUT2D eigenvalue weighted by Crippen LogP contribution is 2.36. The number of allylic oxidation sites excluding steroid dienone is 2. The van der Waals surface area contributed by atoms with Crippen molar-refractivity contribution in [1.82, 2.24) is 0 Å². The Morgan fingerprint density at radius 2 is 1.87 bits per heavy atom. The van der Waals surface area contributed by atoms with Crippen molar-refractivity contribution >= 4 is 8.32 Å². The molecule has 1 nitrogen and oxygen atoms in total. The minimum atomic E-state index is -1.56. The summed E-state index contributed by atoms with van der Waals surface area (Å²) in [6.45, 7) is 17.9. The van der Waals surface area contributed by atoms with Gasteiger partial charge < -0.3 is 4.43 Å². The molecule has 0 aliphatic carbocycles. The molecule has 0 aromatic heterocycles. The lowest BCUT2D eigenvalue weighted by atomic mass is 10.2. The lowest BCUT2D eigenvalue weighted by Crippen LogP contribution is -2.40. The molecule has 88 valence electrons. The van der Waals surface area contributed by atoms with Crippen molar-refractivity contribution in [3.05, 3.63) is 24.8 Å². The Balaban J connectivity index is 4.06. The highest BCUT2D eigenvalue weighted by molar-refractivity contribution is 6.74. The molecule has 2 heteroatoms. The van der Waals surface area contributed by atoms with E-state index in [1.165, 1.54) is 0 Å². The van der Waals surface area contributed by atoms with Gasteiger partial charge in [0.2, 0.25) is 0 Å². The first kappa shape index (κ1) is 14.7. The van der Waals surface area contributed by atoms with E-state index in [1.807, 2.05) is 6.08 Å². The van der Waals surface area contributed by atoms with Gasteiger partial charge in [-0.3, -0.25) is 0 Å². The van der Waals surface area contributed by atoms with Crippen LogP contribution in [0.15, 0.2) is 24.8 Å². The predicted octanol–water partition coefficient (Wildman–Crippen LogP) is 4.39. The van der Waals surface area contributed by atoms with E-state index >= 15 is 0 Å². The molecule has 0 bridgehead atoms. The van der Waals surface area contributed by atoms with Crippen molar-refractivity contribution in [2.24, 2.45) is 5.92 Å². The maximum Gasteiger partial charge on any atom is 0.192 e. The Morgan fingerprint density at radius 3 is 2.27 bits per heavy atom. The minimum absolute atomic E-state index is 0.297. The Morgan fingerprint density at radius 1 is 1.33 bits per heavy atom. The number of hydrogen-bond acceptors (Lipinski definition) is 1. The van der Waals surface area contributed by atoms with Crippen LogP contribution < -0.4 is 0 Å². The molecule has 0 aliphatic rings. The summed E-state index contributed by atoms with van der Waals surface area (Å²) in [6, 6.07) is 0. The van der Waals surface area contributed by atoms with E-state index < -0.39 is 8.32 Å². The van der Waals surface area contributed by atoms with E-state index in [0.29, 0.717) is 11.0 Å². The molecule has 0 heterocycles. The van der Waals surface area contributed by atoms with E-state index in [2.05, 4.69) is 59.5 Å². The second-order valence-electron chi connectivity index (χ2n) is 5.59. The van der Waals surface area contributed by atoms with Crippen LogP contribution in [0.2, 0.25) is 18.1 Å². The average Bonchev–Trinajstić information content (AvgIpc) is 2.10. The molecular weight excluding hydrogens is 200 g/mol. The quantitative estimate of drug-likeness (QED) is 0.499. The monoisotopic (exact) mass is 226 g/mol. The molecule has 1 atom stereocenters. The van der Waals surface area contributed by atoms with Crippen LogP contribution in [0.3, 0.4) is 0 Å². The largest absolute Gasteiger partial charge is 0.413 e. The zero-order valence-corrected chi connectivity index (χ0v) is 12.1. The van der Waals surface area contributed by atoms with Crippen LogP contribution in [-0.2, 0) is 4.43 Å². The molecule has 15 heavy (non-hydrogen) atoms. The van der Waals surface area contributed by atoms with Crippen LogP contribution >= 0.6 is 0 Å². The highest BCUT2D eigenvalue weighted by atomic mass is 28.4. The van der Waals surface area contributed by atoms with Gasteiger partial charge in [-0.25, -0.2) is 0 Å². The second kappa shape index (κ2) is 5.66. The van der Waals surface area contributed by atoms with Crippen molar-refractivity contribution < 1.29 is 4.43 Å². The van der Waals surface area contributed by atoms with Crippen molar-refractivity contribution in [1.29, 1.82) is 0 Å². The standard InChI is InChI=1S/C13H26OSi/c1-8-12(2)10-9-11-14-15(6,7)13(3,4)5/h8-10,12H,1,11H2,2-7H3/b10-9+/t12-/m1/s1. The lowest BCUT2D eigenvalue weighted by molar-refractivity contribution is 0.327. The normalized spacial score (nSPS) is 15.6. The topological polar surface area (TPSA) is 9.23 Å². The molecule has 0 aliphatic heterocycles. The van der Waals surface area contributed by atoms with Crippen LogP contribution in [0, 0.1) is 5.92 Å². The van der Waals surface area contributed by atoms with Gasteiger partial charge in [0.25, 0.3) is 0 Å². The minimum Gasteiger partial charge on any atom is -0.413 e. The molecular formula is C13H26OSi. The molecule has 0 N–H and O–H groups in total. The Kier molecular flexibility index (Phi) is 5.53. The van der Waals surface area contributed by atoms with Crippen LogP contribution in [0.4, 0.5) is 0 Å².